The van der Waals surface area contributed by atoms with E-state index in [0.29, 0.717) is 11.6 Å². The Labute approximate surface area is 122 Å². The number of fused-ring (bicyclic) bond motifs is 2. The lowest BCUT2D eigenvalue weighted by atomic mass is 9.81. The second-order valence-corrected chi connectivity index (χ2v) is 5.58. The van der Waals surface area contributed by atoms with Crippen molar-refractivity contribution in [3.8, 4) is 0 Å². The summed E-state index contributed by atoms with van der Waals surface area (Å²) in [6, 6.07) is 12.7. The maximum absolute atomic E-state index is 4.41. The molecule has 3 aromatic rings. The molecule has 1 aliphatic carbocycles. The minimum absolute atomic E-state index is 0.274. The number of nitrogens with one attached hydrogen (secondary N) is 1. The molecular formula is C15H16N6. The van der Waals surface area contributed by atoms with Crippen LogP contribution in [0.5, 0.6) is 0 Å². The highest BCUT2D eigenvalue weighted by molar-refractivity contribution is 5.45. The average Bonchev–Trinajstić information content (AvgIpc) is 2.98. The van der Waals surface area contributed by atoms with Gasteiger partial charge in [0, 0.05) is 0 Å². The van der Waals surface area contributed by atoms with Gasteiger partial charge in [-0.25, -0.2) is 0 Å². The summed E-state index contributed by atoms with van der Waals surface area (Å²) in [4.78, 5) is 0. The van der Waals surface area contributed by atoms with Crippen molar-refractivity contribution < 1.29 is 0 Å². The molecule has 1 aromatic carbocycles. The first-order valence-electron chi connectivity index (χ1n) is 7.21. The lowest BCUT2D eigenvalue weighted by molar-refractivity contribution is 0.433. The van der Waals surface area contributed by atoms with E-state index in [1.165, 1.54) is 22.2 Å². The van der Waals surface area contributed by atoms with Crippen LogP contribution in [0.15, 0.2) is 36.4 Å². The van der Waals surface area contributed by atoms with Crippen LogP contribution in [0.1, 0.15) is 30.5 Å². The molecule has 1 aliphatic rings. The number of rotatable bonds is 2. The second-order valence-electron chi connectivity index (χ2n) is 5.58. The van der Waals surface area contributed by atoms with E-state index in [9.17, 15) is 0 Å². The zero-order chi connectivity index (χ0) is 14.2. The van der Waals surface area contributed by atoms with E-state index in [-0.39, 0.29) is 6.04 Å². The van der Waals surface area contributed by atoms with E-state index in [4.69, 9.17) is 0 Å². The molecular weight excluding hydrogens is 264 g/mol. The fraction of sp³-hybridized carbons (Fsp3) is 0.333. The number of tetrazole rings is 1. The van der Waals surface area contributed by atoms with Gasteiger partial charge in [0.15, 0.2) is 5.65 Å². The number of aromatic nitrogens is 5. The lowest BCUT2D eigenvalue weighted by Crippen LogP contribution is -2.25. The van der Waals surface area contributed by atoms with Gasteiger partial charge in [-0.2, -0.15) is 0 Å². The van der Waals surface area contributed by atoms with Crippen molar-refractivity contribution in [2.45, 2.75) is 25.8 Å². The Bertz CT molecular complexity index is 780. The molecule has 21 heavy (non-hydrogen) atoms. The summed E-state index contributed by atoms with van der Waals surface area (Å²) in [7, 11) is 0. The van der Waals surface area contributed by atoms with Gasteiger partial charge < -0.3 is 5.32 Å². The van der Waals surface area contributed by atoms with Crippen molar-refractivity contribution in [3.05, 3.63) is 47.5 Å². The van der Waals surface area contributed by atoms with E-state index in [1.807, 2.05) is 12.1 Å². The van der Waals surface area contributed by atoms with Crippen LogP contribution < -0.4 is 5.32 Å². The molecule has 0 fully saturated rings. The second kappa shape index (κ2) is 4.80. The molecule has 2 aromatic heterocycles. The third-order valence-electron chi connectivity index (χ3n) is 4.20. The predicted octanol–water partition coefficient (Wildman–Crippen LogP) is 2.25. The minimum atomic E-state index is 0.274. The molecule has 1 N–H and O–H groups in total. The Balaban J connectivity index is 1.69. The number of hydrogen-bond donors (Lipinski definition) is 1. The van der Waals surface area contributed by atoms with Crippen molar-refractivity contribution in [2.75, 3.05) is 5.32 Å². The van der Waals surface area contributed by atoms with Gasteiger partial charge in [-0.15, -0.1) is 14.8 Å². The van der Waals surface area contributed by atoms with Crippen molar-refractivity contribution in [1.29, 1.82) is 0 Å². The molecule has 6 heteroatoms. The van der Waals surface area contributed by atoms with Gasteiger partial charge in [-0.1, -0.05) is 31.2 Å². The van der Waals surface area contributed by atoms with Gasteiger partial charge in [0.25, 0.3) is 0 Å². The van der Waals surface area contributed by atoms with Crippen LogP contribution in [0.4, 0.5) is 5.82 Å². The predicted molar refractivity (Wildman–Crippen MR) is 78.9 cm³/mol. The fourth-order valence-electron chi connectivity index (χ4n) is 3.03. The highest BCUT2D eigenvalue weighted by atomic mass is 15.6. The molecule has 0 aliphatic heterocycles. The molecule has 0 amide bonds. The summed E-state index contributed by atoms with van der Waals surface area (Å²) in [6.45, 7) is 2.28. The quantitative estimate of drug-likeness (QED) is 0.779. The standard InChI is InChI=1S/C15H16N6/c1-10-6-7-11-4-2-3-5-12(11)15(10)16-13-8-9-14-17-19-20-21(14)18-13/h2-5,8-10,15H,6-7H2,1H3,(H,16,18). The number of hydrogen-bond acceptors (Lipinski definition) is 5. The van der Waals surface area contributed by atoms with Crippen LogP contribution in [-0.4, -0.2) is 25.3 Å². The zero-order valence-electron chi connectivity index (χ0n) is 11.8. The van der Waals surface area contributed by atoms with Crippen LogP contribution in [0.3, 0.4) is 0 Å². The summed E-state index contributed by atoms with van der Waals surface area (Å²) in [6.07, 6.45) is 2.33. The maximum atomic E-state index is 4.41. The molecule has 2 atom stereocenters. The van der Waals surface area contributed by atoms with Gasteiger partial charge in [0.1, 0.15) is 5.82 Å². The first kappa shape index (κ1) is 12.3. The van der Waals surface area contributed by atoms with Gasteiger partial charge in [-0.05, 0) is 52.4 Å². The molecule has 0 saturated heterocycles. The SMILES string of the molecule is CC1CCc2ccccc2C1Nc1ccc2nnnn2n1. The van der Waals surface area contributed by atoms with Crippen molar-refractivity contribution in [2.24, 2.45) is 5.92 Å². The van der Waals surface area contributed by atoms with E-state index in [0.717, 1.165) is 12.2 Å². The van der Waals surface area contributed by atoms with Gasteiger partial charge in [0.2, 0.25) is 0 Å². The van der Waals surface area contributed by atoms with Crippen LogP contribution in [0.25, 0.3) is 5.65 Å². The van der Waals surface area contributed by atoms with Crippen LogP contribution >= 0.6 is 0 Å². The van der Waals surface area contributed by atoms with E-state index in [1.54, 1.807) is 0 Å². The van der Waals surface area contributed by atoms with E-state index >= 15 is 0 Å². The monoisotopic (exact) mass is 280 g/mol. The lowest BCUT2D eigenvalue weighted by Gasteiger charge is -2.32. The molecule has 0 bridgehead atoms. The van der Waals surface area contributed by atoms with Gasteiger partial charge in [-0.3, -0.25) is 0 Å². The highest BCUT2D eigenvalue weighted by Gasteiger charge is 2.26. The first-order chi connectivity index (χ1) is 10.3. The Hall–Kier alpha value is -2.50. The third-order valence-corrected chi connectivity index (χ3v) is 4.20. The molecule has 2 unspecified atom stereocenters. The van der Waals surface area contributed by atoms with E-state index < -0.39 is 0 Å². The Morgan fingerprint density at radius 3 is 3.05 bits per heavy atom. The molecule has 2 heterocycles. The van der Waals surface area contributed by atoms with Gasteiger partial charge >= 0.3 is 0 Å². The number of benzene rings is 1. The first-order valence-corrected chi connectivity index (χ1v) is 7.21. The molecule has 0 spiro atoms. The molecule has 0 radical (unpaired) electrons. The normalized spacial score (nSPS) is 21.2. The topological polar surface area (TPSA) is 68.0 Å². The third kappa shape index (κ3) is 2.12. The maximum Gasteiger partial charge on any atom is 0.200 e. The smallest absolute Gasteiger partial charge is 0.200 e. The Morgan fingerprint density at radius 1 is 1.19 bits per heavy atom. The molecule has 6 nitrogen and oxygen atoms in total. The van der Waals surface area contributed by atoms with Crippen molar-refractivity contribution in [1.82, 2.24) is 25.3 Å². The summed E-state index contributed by atoms with van der Waals surface area (Å²) < 4.78 is 1.45. The van der Waals surface area contributed by atoms with Crippen molar-refractivity contribution in [3.63, 3.8) is 0 Å². The summed E-state index contributed by atoms with van der Waals surface area (Å²) in [5.74, 6) is 1.36. The molecule has 4 rings (SSSR count). The summed E-state index contributed by atoms with van der Waals surface area (Å²) in [5, 5.41) is 19.3. The number of anilines is 1. The molecule has 0 saturated carbocycles. The Morgan fingerprint density at radius 2 is 2.10 bits per heavy atom. The molecule has 106 valence electrons. The van der Waals surface area contributed by atoms with Crippen LogP contribution in [-0.2, 0) is 6.42 Å². The highest BCUT2D eigenvalue weighted by Crippen LogP contribution is 2.36. The Kier molecular flexibility index (Phi) is 2.80. The van der Waals surface area contributed by atoms with Gasteiger partial charge in [0.05, 0.1) is 6.04 Å². The van der Waals surface area contributed by atoms with Crippen LogP contribution in [0.2, 0.25) is 0 Å². The summed E-state index contributed by atoms with van der Waals surface area (Å²) >= 11 is 0. The minimum Gasteiger partial charge on any atom is -0.361 e. The number of aryl methyl sites for hydroxylation is 1. The van der Waals surface area contributed by atoms with Crippen molar-refractivity contribution >= 4 is 11.5 Å². The fourth-order valence-corrected chi connectivity index (χ4v) is 3.03. The zero-order valence-corrected chi connectivity index (χ0v) is 11.8. The summed E-state index contributed by atoms with van der Waals surface area (Å²) in [5.41, 5.74) is 3.45. The average molecular weight is 280 g/mol. The van der Waals surface area contributed by atoms with E-state index in [2.05, 4.69) is 57.1 Å². The number of nitrogens with zero attached hydrogens (tertiary/aromatic N) is 5. The largest absolute Gasteiger partial charge is 0.361 e. The van der Waals surface area contributed by atoms with Crippen LogP contribution in [0, 0.1) is 5.92 Å².